The van der Waals surface area contributed by atoms with E-state index < -0.39 is 10.0 Å². The molecule has 0 amide bonds. The fourth-order valence-electron chi connectivity index (χ4n) is 0.756. The Balaban J connectivity index is 3.38. The van der Waals surface area contributed by atoms with Gasteiger partial charge < -0.3 is 5.73 Å². The maximum Gasteiger partial charge on any atom is 0.244 e. The minimum atomic E-state index is -3.57. The fraction of sp³-hybridized carbons (Fsp3) is 0.167. The second-order valence-corrected chi connectivity index (χ2v) is 4.54. The SMILES string of the molecule is CNS(=O)(=O)c1cc(Cl)cnc1N. The van der Waals surface area contributed by atoms with E-state index in [0.29, 0.717) is 0 Å². The molecule has 0 unspecified atom stereocenters. The van der Waals surface area contributed by atoms with Gasteiger partial charge in [0, 0.05) is 6.20 Å². The lowest BCUT2D eigenvalue weighted by Gasteiger charge is -2.04. The molecule has 72 valence electrons. The van der Waals surface area contributed by atoms with Crippen molar-refractivity contribution in [2.45, 2.75) is 4.90 Å². The average molecular weight is 222 g/mol. The van der Waals surface area contributed by atoms with E-state index in [1.165, 1.54) is 19.3 Å². The van der Waals surface area contributed by atoms with Crippen LogP contribution in [0.2, 0.25) is 5.02 Å². The van der Waals surface area contributed by atoms with E-state index in [4.69, 9.17) is 17.3 Å². The van der Waals surface area contributed by atoms with Crippen molar-refractivity contribution in [1.82, 2.24) is 9.71 Å². The van der Waals surface area contributed by atoms with Crippen LogP contribution in [0.3, 0.4) is 0 Å². The number of nitrogens with one attached hydrogen (secondary N) is 1. The molecule has 0 aliphatic rings. The summed E-state index contributed by atoms with van der Waals surface area (Å²) in [5.74, 6) is -0.0706. The predicted octanol–water partition coefficient (Wildman–Crippen LogP) is 0.225. The van der Waals surface area contributed by atoms with Gasteiger partial charge in [-0.2, -0.15) is 0 Å². The molecule has 0 atom stereocenters. The number of pyridine rings is 1. The molecule has 1 aromatic heterocycles. The Bertz CT molecular complexity index is 418. The van der Waals surface area contributed by atoms with E-state index in [1.54, 1.807) is 0 Å². The summed E-state index contributed by atoms with van der Waals surface area (Å²) >= 11 is 5.57. The standard InChI is InChI=1S/C6H8ClN3O2S/c1-9-13(11,12)5-2-4(7)3-10-6(5)8/h2-3,9H,1H3,(H2,8,10). The number of hydrogen-bond donors (Lipinski definition) is 2. The summed E-state index contributed by atoms with van der Waals surface area (Å²) in [6.45, 7) is 0. The number of anilines is 1. The van der Waals surface area contributed by atoms with E-state index in [0.717, 1.165) is 0 Å². The molecule has 0 aliphatic carbocycles. The Kier molecular flexibility index (Phi) is 2.74. The fourth-order valence-corrected chi connectivity index (χ4v) is 1.81. The molecule has 13 heavy (non-hydrogen) atoms. The number of halogens is 1. The first-order chi connectivity index (χ1) is 5.97. The molecule has 0 radical (unpaired) electrons. The van der Waals surface area contributed by atoms with Crippen molar-refractivity contribution >= 4 is 27.4 Å². The quantitative estimate of drug-likeness (QED) is 0.749. The van der Waals surface area contributed by atoms with Crippen molar-refractivity contribution in [2.75, 3.05) is 12.8 Å². The average Bonchev–Trinajstić information content (AvgIpc) is 2.09. The number of hydrogen-bond acceptors (Lipinski definition) is 4. The molecule has 7 heteroatoms. The zero-order chi connectivity index (χ0) is 10.1. The molecule has 0 saturated carbocycles. The minimum Gasteiger partial charge on any atom is -0.383 e. The van der Waals surface area contributed by atoms with E-state index in [-0.39, 0.29) is 15.7 Å². The van der Waals surface area contributed by atoms with Gasteiger partial charge in [0.2, 0.25) is 10.0 Å². The number of sulfonamides is 1. The minimum absolute atomic E-state index is 0.0706. The van der Waals surface area contributed by atoms with Crippen LogP contribution in [0.25, 0.3) is 0 Å². The van der Waals surface area contributed by atoms with Gasteiger partial charge >= 0.3 is 0 Å². The van der Waals surface area contributed by atoms with Gasteiger partial charge in [-0.1, -0.05) is 11.6 Å². The van der Waals surface area contributed by atoms with Crippen LogP contribution in [-0.2, 0) is 10.0 Å². The van der Waals surface area contributed by atoms with Crippen LogP contribution in [-0.4, -0.2) is 20.4 Å². The summed E-state index contributed by atoms with van der Waals surface area (Å²) in [5.41, 5.74) is 5.36. The molecule has 0 fully saturated rings. The molecule has 0 saturated heterocycles. The molecule has 1 aromatic rings. The second kappa shape index (κ2) is 3.49. The number of aromatic nitrogens is 1. The Morgan fingerprint density at radius 2 is 2.23 bits per heavy atom. The second-order valence-electron chi connectivity index (χ2n) is 2.24. The molecular weight excluding hydrogens is 214 g/mol. The first-order valence-corrected chi connectivity index (χ1v) is 5.18. The lowest BCUT2D eigenvalue weighted by molar-refractivity contribution is 0.588. The van der Waals surface area contributed by atoms with Gasteiger partial charge in [0.15, 0.2) is 0 Å². The molecule has 0 aliphatic heterocycles. The van der Waals surface area contributed by atoms with Crippen LogP contribution < -0.4 is 10.5 Å². The van der Waals surface area contributed by atoms with E-state index in [1.807, 2.05) is 0 Å². The van der Waals surface area contributed by atoms with Gasteiger partial charge in [-0.25, -0.2) is 18.1 Å². The maximum atomic E-state index is 11.3. The van der Waals surface area contributed by atoms with Crippen molar-refractivity contribution in [1.29, 1.82) is 0 Å². The summed E-state index contributed by atoms with van der Waals surface area (Å²) in [5, 5.41) is 0.225. The van der Waals surface area contributed by atoms with E-state index in [2.05, 4.69) is 9.71 Å². The number of nitrogens with zero attached hydrogens (tertiary/aromatic N) is 1. The summed E-state index contributed by atoms with van der Waals surface area (Å²) < 4.78 is 24.7. The number of nitrogen functional groups attached to an aromatic ring is 1. The van der Waals surface area contributed by atoms with Gasteiger partial charge in [0.25, 0.3) is 0 Å². The van der Waals surface area contributed by atoms with Crippen LogP contribution in [0.4, 0.5) is 5.82 Å². The molecule has 0 aromatic carbocycles. The summed E-state index contributed by atoms with van der Waals surface area (Å²) in [7, 11) is -2.29. The zero-order valence-electron chi connectivity index (χ0n) is 6.78. The van der Waals surface area contributed by atoms with Crippen LogP contribution >= 0.6 is 11.6 Å². The largest absolute Gasteiger partial charge is 0.383 e. The Morgan fingerprint density at radius 3 is 2.77 bits per heavy atom. The molecule has 0 spiro atoms. The molecule has 1 rings (SSSR count). The van der Waals surface area contributed by atoms with Crippen molar-refractivity contribution in [2.24, 2.45) is 0 Å². The number of rotatable bonds is 2. The third-order valence-electron chi connectivity index (χ3n) is 1.41. The highest BCUT2D eigenvalue weighted by atomic mass is 35.5. The lowest BCUT2D eigenvalue weighted by atomic mass is 10.5. The van der Waals surface area contributed by atoms with Gasteiger partial charge in [-0.3, -0.25) is 0 Å². The van der Waals surface area contributed by atoms with Crippen molar-refractivity contribution < 1.29 is 8.42 Å². The monoisotopic (exact) mass is 221 g/mol. The normalized spacial score (nSPS) is 11.5. The molecule has 0 bridgehead atoms. The highest BCUT2D eigenvalue weighted by Crippen LogP contribution is 2.19. The first-order valence-electron chi connectivity index (χ1n) is 3.32. The Hall–Kier alpha value is -0.850. The summed E-state index contributed by atoms with van der Waals surface area (Å²) in [4.78, 5) is 3.51. The van der Waals surface area contributed by atoms with E-state index >= 15 is 0 Å². The lowest BCUT2D eigenvalue weighted by Crippen LogP contribution is -2.20. The van der Waals surface area contributed by atoms with Gasteiger partial charge in [0.05, 0.1) is 5.02 Å². The molecule has 3 N–H and O–H groups in total. The van der Waals surface area contributed by atoms with Crippen LogP contribution in [0.15, 0.2) is 17.2 Å². The van der Waals surface area contributed by atoms with Crippen molar-refractivity contribution in [3.05, 3.63) is 17.3 Å². The maximum absolute atomic E-state index is 11.3. The van der Waals surface area contributed by atoms with E-state index in [9.17, 15) is 8.42 Å². The number of nitrogens with two attached hydrogens (primary N) is 1. The molecule has 5 nitrogen and oxygen atoms in total. The van der Waals surface area contributed by atoms with Crippen molar-refractivity contribution in [3.63, 3.8) is 0 Å². The van der Waals surface area contributed by atoms with Crippen LogP contribution in [0, 0.1) is 0 Å². The first kappa shape index (κ1) is 10.2. The van der Waals surface area contributed by atoms with Gasteiger partial charge in [-0.15, -0.1) is 0 Å². The highest BCUT2D eigenvalue weighted by Gasteiger charge is 2.16. The predicted molar refractivity (Wildman–Crippen MR) is 49.9 cm³/mol. The van der Waals surface area contributed by atoms with Crippen molar-refractivity contribution in [3.8, 4) is 0 Å². The Labute approximate surface area is 81.0 Å². The smallest absolute Gasteiger partial charge is 0.244 e. The molecule has 1 heterocycles. The third-order valence-corrected chi connectivity index (χ3v) is 3.06. The Morgan fingerprint density at radius 1 is 1.62 bits per heavy atom. The third kappa shape index (κ3) is 2.09. The van der Waals surface area contributed by atoms with Crippen LogP contribution in [0.1, 0.15) is 0 Å². The topological polar surface area (TPSA) is 85.1 Å². The summed E-state index contributed by atoms with van der Waals surface area (Å²) in [6, 6.07) is 1.25. The zero-order valence-corrected chi connectivity index (χ0v) is 8.35. The van der Waals surface area contributed by atoms with Crippen LogP contribution in [0.5, 0.6) is 0 Å². The summed E-state index contributed by atoms with van der Waals surface area (Å²) in [6.07, 6.45) is 1.28. The highest BCUT2D eigenvalue weighted by molar-refractivity contribution is 7.89. The molecular formula is C6H8ClN3O2S. The van der Waals surface area contributed by atoms with Gasteiger partial charge in [-0.05, 0) is 13.1 Å². The van der Waals surface area contributed by atoms with Gasteiger partial charge in [0.1, 0.15) is 10.7 Å².